The molecule has 1 saturated heterocycles. The third kappa shape index (κ3) is 2.79. The molecule has 102 valence electrons. The summed E-state index contributed by atoms with van der Waals surface area (Å²) in [6.45, 7) is 2.22. The molecule has 0 unspecified atom stereocenters. The summed E-state index contributed by atoms with van der Waals surface area (Å²) in [4.78, 5) is 49.4. The lowest BCUT2D eigenvalue weighted by atomic mass is 10.3. The predicted octanol–water partition coefficient (Wildman–Crippen LogP) is -2.20. The summed E-state index contributed by atoms with van der Waals surface area (Å²) in [6, 6.07) is 0. The molecule has 0 aliphatic carbocycles. The summed E-state index contributed by atoms with van der Waals surface area (Å²) in [5, 5.41) is 2.85. The molecule has 1 aromatic heterocycles. The first-order chi connectivity index (χ1) is 8.99. The van der Waals surface area contributed by atoms with Crippen LogP contribution in [0.25, 0.3) is 0 Å². The van der Waals surface area contributed by atoms with Crippen LogP contribution in [0.2, 0.25) is 0 Å². The lowest BCUT2D eigenvalue weighted by Crippen LogP contribution is -2.52. The average Bonchev–Trinajstić information content (AvgIpc) is 2.36. The zero-order valence-corrected chi connectivity index (χ0v) is 10.4. The van der Waals surface area contributed by atoms with Gasteiger partial charge in [-0.1, -0.05) is 0 Å². The number of aromatic amines is 1. The molecule has 1 aliphatic rings. The zero-order valence-electron chi connectivity index (χ0n) is 10.4. The van der Waals surface area contributed by atoms with E-state index in [1.54, 1.807) is 0 Å². The minimum Gasteiger partial charge on any atom is -0.307 e. The van der Waals surface area contributed by atoms with E-state index in [4.69, 9.17) is 0 Å². The molecule has 19 heavy (non-hydrogen) atoms. The van der Waals surface area contributed by atoms with Crippen LogP contribution in [0.3, 0.4) is 0 Å². The van der Waals surface area contributed by atoms with Gasteiger partial charge >= 0.3 is 5.69 Å². The molecule has 0 aromatic carbocycles. The van der Waals surface area contributed by atoms with Crippen LogP contribution in [0.1, 0.15) is 5.56 Å². The zero-order chi connectivity index (χ0) is 14.0. The number of hydrogen-bond donors (Lipinski definition) is 2. The molecule has 0 radical (unpaired) electrons. The standard InChI is InChI=1S/C11H14N4O4/c1-7-5-14(11(19)13-10(7)18)6-9(17)15-3-2-12-4-8(15)16/h5,12H,2-4,6H2,1H3,(H,13,18,19). The smallest absolute Gasteiger partial charge is 0.307 e. The van der Waals surface area contributed by atoms with Gasteiger partial charge in [0, 0.05) is 24.8 Å². The number of imide groups is 1. The van der Waals surface area contributed by atoms with Crippen molar-refractivity contribution in [3.63, 3.8) is 0 Å². The molecule has 8 heteroatoms. The van der Waals surface area contributed by atoms with Gasteiger partial charge in [0.15, 0.2) is 0 Å². The molecule has 2 N–H and O–H groups in total. The minimum atomic E-state index is -0.661. The van der Waals surface area contributed by atoms with Crippen molar-refractivity contribution in [3.05, 3.63) is 32.6 Å². The number of nitrogens with one attached hydrogen (secondary N) is 2. The predicted molar refractivity (Wildman–Crippen MR) is 65.6 cm³/mol. The van der Waals surface area contributed by atoms with Crippen LogP contribution in [0, 0.1) is 6.92 Å². The van der Waals surface area contributed by atoms with Gasteiger partial charge in [0.05, 0.1) is 6.54 Å². The SMILES string of the molecule is Cc1cn(CC(=O)N2CCNCC2=O)c(=O)[nH]c1=O. The number of aryl methyl sites for hydroxylation is 1. The van der Waals surface area contributed by atoms with E-state index in [2.05, 4.69) is 10.3 Å². The first-order valence-electron chi connectivity index (χ1n) is 5.83. The molecule has 2 rings (SSSR count). The number of carbonyl (C=O) groups excluding carboxylic acids is 2. The molecule has 1 aromatic rings. The van der Waals surface area contributed by atoms with Gasteiger partial charge in [-0.05, 0) is 6.92 Å². The van der Waals surface area contributed by atoms with E-state index >= 15 is 0 Å². The van der Waals surface area contributed by atoms with E-state index in [0.717, 1.165) is 9.47 Å². The summed E-state index contributed by atoms with van der Waals surface area (Å²) in [5.74, 6) is -0.773. The van der Waals surface area contributed by atoms with E-state index in [9.17, 15) is 19.2 Å². The Morgan fingerprint density at radius 3 is 2.79 bits per heavy atom. The van der Waals surface area contributed by atoms with Crippen molar-refractivity contribution < 1.29 is 9.59 Å². The van der Waals surface area contributed by atoms with Gasteiger partial charge in [-0.2, -0.15) is 0 Å². The van der Waals surface area contributed by atoms with Crippen LogP contribution in [0.15, 0.2) is 15.8 Å². The topological polar surface area (TPSA) is 104 Å². The molecule has 8 nitrogen and oxygen atoms in total. The number of carbonyl (C=O) groups is 2. The van der Waals surface area contributed by atoms with E-state index in [0.29, 0.717) is 12.1 Å². The second kappa shape index (κ2) is 5.19. The van der Waals surface area contributed by atoms with E-state index in [-0.39, 0.29) is 25.5 Å². The Morgan fingerprint density at radius 2 is 2.11 bits per heavy atom. The quantitative estimate of drug-likeness (QED) is 0.632. The van der Waals surface area contributed by atoms with Gasteiger partial charge in [0.1, 0.15) is 6.54 Å². The summed E-state index contributed by atoms with van der Waals surface area (Å²) in [6.07, 6.45) is 1.31. The van der Waals surface area contributed by atoms with Crippen LogP contribution in [0.4, 0.5) is 0 Å². The van der Waals surface area contributed by atoms with Gasteiger partial charge in [0.25, 0.3) is 5.56 Å². The van der Waals surface area contributed by atoms with Crippen molar-refractivity contribution in [3.8, 4) is 0 Å². The first-order valence-corrected chi connectivity index (χ1v) is 5.83. The number of rotatable bonds is 2. The Hall–Kier alpha value is -2.22. The maximum Gasteiger partial charge on any atom is 0.328 e. The van der Waals surface area contributed by atoms with Crippen LogP contribution < -0.4 is 16.6 Å². The van der Waals surface area contributed by atoms with Crippen LogP contribution in [-0.2, 0) is 16.1 Å². The number of H-pyrrole nitrogens is 1. The fraction of sp³-hybridized carbons (Fsp3) is 0.455. The van der Waals surface area contributed by atoms with E-state index in [1.165, 1.54) is 13.1 Å². The van der Waals surface area contributed by atoms with Crippen LogP contribution in [-0.4, -0.2) is 45.9 Å². The summed E-state index contributed by atoms with van der Waals surface area (Å²) < 4.78 is 1.09. The molecule has 0 saturated carbocycles. The lowest BCUT2D eigenvalue weighted by molar-refractivity contribution is -0.146. The molecular formula is C11H14N4O4. The van der Waals surface area contributed by atoms with E-state index in [1.807, 2.05) is 0 Å². The maximum atomic E-state index is 12.0. The highest BCUT2D eigenvalue weighted by Gasteiger charge is 2.24. The van der Waals surface area contributed by atoms with Gasteiger partial charge in [-0.3, -0.25) is 28.8 Å². The summed E-state index contributed by atoms with van der Waals surface area (Å²) in [7, 11) is 0. The Balaban J connectivity index is 2.19. The normalized spacial score (nSPS) is 15.6. The lowest BCUT2D eigenvalue weighted by Gasteiger charge is -2.25. The summed E-state index contributed by atoms with van der Waals surface area (Å²) in [5.41, 5.74) is -0.808. The minimum absolute atomic E-state index is 0.116. The van der Waals surface area contributed by atoms with E-state index < -0.39 is 17.2 Å². The van der Waals surface area contributed by atoms with Crippen LogP contribution in [0.5, 0.6) is 0 Å². The summed E-state index contributed by atoms with van der Waals surface area (Å²) >= 11 is 0. The number of piperazine rings is 1. The first kappa shape index (κ1) is 13.2. The molecule has 0 bridgehead atoms. The Bertz CT molecular complexity index is 630. The fourth-order valence-electron chi connectivity index (χ4n) is 1.84. The van der Waals surface area contributed by atoms with Crippen molar-refractivity contribution in [1.82, 2.24) is 19.8 Å². The van der Waals surface area contributed by atoms with Crippen LogP contribution >= 0.6 is 0 Å². The van der Waals surface area contributed by atoms with Gasteiger partial charge in [-0.25, -0.2) is 4.79 Å². The van der Waals surface area contributed by atoms with Crippen molar-refractivity contribution in [2.75, 3.05) is 19.6 Å². The Morgan fingerprint density at radius 1 is 1.37 bits per heavy atom. The van der Waals surface area contributed by atoms with Crippen molar-refractivity contribution >= 4 is 11.8 Å². The highest BCUT2D eigenvalue weighted by Crippen LogP contribution is 1.97. The van der Waals surface area contributed by atoms with Crippen molar-refractivity contribution in [2.24, 2.45) is 0 Å². The second-order valence-electron chi connectivity index (χ2n) is 4.32. The molecule has 0 atom stereocenters. The highest BCUT2D eigenvalue weighted by atomic mass is 16.2. The number of nitrogens with zero attached hydrogens (tertiary/aromatic N) is 2. The third-order valence-corrected chi connectivity index (χ3v) is 2.89. The number of aromatic nitrogens is 2. The highest BCUT2D eigenvalue weighted by molar-refractivity contribution is 5.96. The fourth-order valence-corrected chi connectivity index (χ4v) is 1.84. The van der Waals surface area contributed by atoms with Crippen molar-refractivity contribution in [1.29, 1.82) is 0 Å². The van der Waals surface area contributed by atoms with Gasteiger partial charge in [0.2, 0.25) is 11.8 Å². The average molecular weight is 266 g/mol. The molecule has 2 amide bonds. The monoisotopic (exact) mass is 266 g/mol. The molecule has 1 fully saturated rings. The number of amides is 2. The Labute approximate surface area is 108 Å². The molecule has 2 heterocycles. The third-order valence-electron chi connectivity index (χ3n) is 2.89. The van der Waals surface area contributed by atoms with Gasteiger partial charge in [-0.15, -0.1) is 0 Å². The number of hydrogen-bond acceptors (Lipinski definition) is 5. The van der Waals surface area contributed by atoms with Crippen molar-refractivity contribution in [2.45, 2.75) is 13.5 Å². The largest absolute Gasteiger partial charge is 0.328 e. The molecule has 0 spiro atoms. The van der Waals surface area contributed by atoms with Gasteiger partial charge < -0.3 is 5.32 Å². The maximum absolute atomic E-state index is 12.0. The second-order valence-corrected chi connectivity index (χ2v) is 4.32. The molecule has 1 aliphatic heterocycles. The molecular weight excluding hydrogens is 252 g/mol. The Kier molecular flexibility index (Phi) is 3.61.